The summed E-state index contributed by atoms with van der Waals surface area (Å²) < 4.78 is 1.80. The molecule has 0 fully saturated rings. The molecule has 30 heavy (non-hydrogen) atoms. The number of carbonyl (C=O) groups excluding carboxylic acids is 1. The van der Waals surface area contributed by atoms with Gasteiger partial charge in [-0.3, -0.25) is 14.2 Å². The lowest BCUT2D eigenvalue weighted by Gasteiger charge is -2.17. The SMILES string of the molecule is CN(CCNC(=O)c1ccc2c(=O)n3c(nc2c1)CCCCC3)Cc1ccccc1. The van der Waals surface area contributed by atoms with Crippen molar-refractivity contribution in [3.63, 3.8) is 0 Å². The first kappa shape index (κ1) is 20.3. The molecule has 6 nitrogen and oxygen atoms in total. The highest BCUT2D eigenvalue weighted by Gasteiger charge is 2.15. The Bertz CT molecular complexity index is 1090. The quantitative estimate of drug-likeness (QED) is 0.686. The first-order chi connectivity index (χ1) is 14.6. The number of benzene rings is 2. The van der Waals surface area contributed by atoms with Crippen LogP contribution in [0, 0.1) is 0 Å². The molecule has 2 heterocycles. The monoisotopic (exact) mass is 404 g/mol. The fourth-order valence-electron chi connectivity index (χ4n) is 4.00. The Balaban J connectivity index is 1.41. The molecule has 0 saturated carbocycles. The zero-order valence-corrected chi connectivity index (χ0v) is 17.4. The molecule has 1 aliphatic heterocycles. The summed E-state index contributed by atoms with van der Waals surface area (Å²) in [5, 5.41) is 3.56. The van der Waals surface area contributed by atoms with Gasteiger partial charge >= 0.3 is 0 Å². The molecule has 0 spiro atoms. The number of nitrogens with one attached hydrogen (secondary N) is 1. The predicted molar refractivity (Wildman–Crippen MR) is 119 cm³/mol. The summed E-state index contributed by atoms with van der Waals surface area (Å²) in [6.45, 7) is 2.88. The summed E-state index contributed by atoms with van der Waals surface area (Å²) >= 11 is 0. The molecule has 1 aromatic heterocycles. The Morgan fingerprint density at radius 3 is 2.80 bits per heavy atom. The number of hydrogen-bond donors (Lipinski definition) is 1. The predicted octanol–water partition coefficient (Wildman–Crippen LogP) is 2.98. The van der Waals surface area contributed by atoms with Crippen LogP contribution in [0.4, 0.5) is 0 Å². The Hall–Kier alpha value is -2.99. The molecule has 1 N–H and O–H groups in total. The van der Waals surface area contributed by atoms with Crippen molar-refractivity contribution < 1.29 is 4.79 Å². The first-order valence-corrected chi connectivity index (χ1v) is 10.7. The van der Waals surface area contributed by atoms with Gasteiger partial charge in [0.15, 0.2) is 0 Å². The highest BCUT2D eigenvalue weighted by atomic mass is 16.1. The van der Waals surface area contributed by atoms with Gasteiger partial charge in [-0.15, -0.1) is 0 Å². The minimum atomic E-state index is -0.137. The molecule has 0 saturated heterocycles. The van der Waals surface area contributed by atoms with E-state index in [0.717, 1.165) is 51.1 Å². The van der Waals surface area contributed by atoms with Crippen LogP contribution in [0.5, 0.6) is 0 Å². The van der Waals surface area contributed by atoms with Crippen LogP contribution in [0.25, 0.3) is 10.9 Å². The van der Waals surface area contributed by atoms with E-state index in [-0.39, 0.29) is 11.5 Å². The van der Waals surface area contributed by atoms with Crippen LogP contribution >= 0.6 is 0 Å². The third kappa shape index (κ3) is 4.60. The second-order valence-electron chi connectivity index (χ2n) is 8.01. The molecule has 3 aromatic rings. The van der Waals surface area contributed by atoms with Gasteiger partial charge in [0.25, 0.3) is 11.5 Å². The van der Waals surface area contributed by atoms with Gasteiger partial charge in [0.2, 0.25) is 0 Å². The van der Waals surface area contributed by atoms with E-state index in [1.54, 1.807) is 22.8 Å². The van der Waals surface area contributed by atoms with E-state index in [4.69, 9.17) is 4.98 Å². The number of aryl methyl sites for hydroxylation is 1. The van der Waals surface area contributed by atoms with Gasteiger partial charge in [0, 0.05) is 38.2 Å². The molecular weight excluding hydrogens is 376 g/mol. The number of likely N-dealkylation sites (N-methyl/N-ethyl adjacent to an activating group) is 1. The van der Waals surface area contributed by atoms with Crippen molar-refractivity contribution in [1.29, 1.82) is 0 Å². The van der Waals surface area contributed by atoms with E-state index in [2.05, 4.69) is 22.3 Å². The number of rotatable bonds is 6. The fraction of sp³-hybridized carbons (Fsp3) is 0.375. The number of amides is 1. The van der Waals surface area contributed by atoms with Crippen LogP contribution in [0.15, 0.2) is 53.3 Å². The lowest BCUT2D eigenvalue weighted by Crippen LogP contribution is -2.32. The molecule has 4 rings (SSSR count). The lowest BCUT2D eigenvalue weighted by atomic mass is 10.1. The Morgan fingerprint density at radius 1 is 1.13 bits per heavy atom. The zero-order chi connectivity index (χ0) is 20.9. The molecule has 6 heteroatoms. The van der Waals surface area contributed by atoms with Gasteiger partial charge in [0.05, 0.1) is 10.9 Å². The summed E-state index contributed by atoms with van der Waals surface area (Å²) in [6.07, 6.45) is 3.99. The number of fused-ring (bicyclic) bond motifs is 2. The molecule has 0 unspecified atom stereocenters. The topological polar surface area (TPSA) is 67.2 Å². The van der Waals surface area contributed by atoms with Crippen LogP contribution in [0.2, 0.25) is 0 Å². The number of carbonyl (C=O) groups is 1. The third-order valence-corrected chi connectivity index (χ3v) is 5.65. The van der Waals surface area contributed by atoms with E-state index < -0.39 is 0 Å². The van der Waals surface area contributed by atoms with Gasteiger partial charge < -0.3 is 10.2 Å². The van der Waals surface area contributed by atoms with Crippen molar-refractivity contribution in [2.24, 2.45) is 0 Å². The summed E-state index contributed by atoms with van der Waals surface area (Å²) in [5.41, 5.74) is 2.41. The van der Waals surface area contributed by atoms with E-state index in [0.29, 0.717) is 23.0 Å². The first-order valence-electron chi connectivity index (χ1n) is 10.7. The number of aromatic nitrogens is 2. The van der Waals surface area contributed by atoms with Gasteiger partial charge in [-0.1, -0.05) is 36.8 Å². The van der Waals surface area contributed by atoms with Gasteiger partial charge in [-0.25, -0.2) is 4.98 Å². The fourth-order valence-corrected chi connectivity index (χ4v) is 4.00. The van der Waals surface area contributed by atoms with E-state index >= 15 is 0 Å². The standard InChI is InChI=1S/C24H28N4O2/c1-27(17-18-8-4-2-5-9-18)15-13-25-23(29)19-11-12-20-21(16-19)26-22-10-6-3-7-14-28(22)24(20)30/h2,4-5,8-9,11-12,16H,3,6-7,10,13-15,17H2,1H3,(H,25,29). The summed E-state index contributed by atoms with van der Waals surface area (Å²) in [4.78, 5) is 32.3. The van der Waals surface area contributed by atoms with Crippen molar-refractivity contribution in [3.8, 4) is 0 Å². The van der Waals surface area contributed by atoms with Crippen LogP contribution in [-0.4, -0.2) is 40.5 Å². The van der Waals surface area contributed by atoms with Crippen molar-refractivity contribution in [2.45, 2.75) is 38.8 Å². The van der Waals surface area contributed by atoms with Crippen LogP contribution < -0.4 is 10.9 Å². The zero-order valence-electron chi connectivity index (χ0n) is 17.4. The van der Waals surface area contributed by atoms with Crippen molar-refractivity contribution in [3.05, 3.63) is 75.8 Å². The maximum atomic E-state index is 12.8. The smallest absolute Gasteiger partial charge is 0.261 e. The minimum Gasteiger partial charge on any atom is -0.351 e. The molecule has 0 radical (unpaired) electrons. The molecule has 0 aliphatic carbocycles. The van der Waals surface area contributed by atoms with Crippen molar-refractivity contribution in [2.75, 3.05) is 20.1 Å². The third-order valence-electron chi connectivity index (χ3n) is 5.65. The van der Waals surface area contributed by atoms with E-state index in [9.17, 15) is 9.59 Å². The van der Waals surface area contributed by atoms with E-state index in [1.165, 1.54) is 5.56 Å². The number of nitrogens with zero attached hydrogens (tertiary/aromatic N) is 3. The summed E-state index contributed by atoms with van der Waals surface area (Å²) in [7, 11) is 2.04. The Morgan fingerprint density at radius 2 is 1.97 bits per heavy atom. The molecule has 2 aromatic carbocycles. The maximum Gasteiger partial charge on any atom is 0.261 e. The molecule has 0 bridgehead atoms. The largest absolute Gasteiger partial charge is 0.351 e. The van der Waals surface area contributed by atoms with Crippen LogP contribution in [-0.2, 0) is 19.5 Å². The number of hydrogen-bond acceptors (Lipinski definition) is 4. The second-order valence-corrected chi connectivity index (χ2v) is 8.01. The maximum absolute atomic E-state index is 12.8. The molecule has 156 valence electrons. The average molecular weight is 405 g/mol. The van der Waals surface area contributed by atoms with Crippen LogP contribution in [0.1, 0.15) is 41.0 Å². The van der Waals surface area contributed by atoms with Gasteiger partial charge in [0.1, 0.15) is 5.82 Å². The second kappa shape index (κ2) is 9.22. The van der Waals surface area contributed by atoms with Crippen LogP contribution in [0.3, 0.4) is 0 Å². The average Bonchev–Trinajstić information content (AvgIpc) is 3.00. The Labute approximate surface area is 176 Å². The molecule has 1 amide bonds. The van der Waals surface area contributed by atoms with Gasteiger partial charge in [-0.05, 0) is 43.7 Å². The minimum absolute atomic E-state index is 0.00592. The van der Waals surface area contributed by atoms with Crippen molar-refractivity contribution in [1.82, 2.24) is 19.8 Å². The summed E-state index contributed by atoms with van der Waals surface area (Å²) in [6, 6.07) is 15.5. The molecular formula is C24H28N4O2. The molecule has 0 atom stereocenters. The van der Waals surface area contributed by atoms with Gasteiger partial charge in [-0.2, -0.15) is 0 Å². The highest BCUT2D eigenvalue weighted by Crippen LogP contribution is 2.16. The summed E-state index contributed by atoms with van der Waals surface area (Å²) in [5.74, 6) is 0.701. The van der Waals surface area contributed by atoms with E-state index in [1.807, 2.05) is 25.2 Å². The normalized spacial score (nSPS) is 13.8. The highest BCUT2D eigenvalue weighted by molar-refractivity contribution is 5.97. The molecule has 1 aliphatic rings. The van der Waals surface area contributed by atoms with Crippen molar-refractivity contribution >= 4 is 16.8 Å². The Kier molecular flexibility index (Phi) is 6.23. The lowest BCUT2D eigenvalue weighted by molar-refractivity contribution is 0.0949.